The average molecular weight is 387 g/mol. The fourth-order valence-electron chi connectivity index (χ4n) is 3.26. The molecule has 1 fully saturated rings. The fraction of sp³-hybridized carbons (Fsp3) is 0.500. The van der Waals surface area contributed by atoms with Gasteiger partial charge in [0.2, 0.25) is 0 Å². The van der Waals surface area contributed by atoms with Gasteiger partial charge in [0, 0.05) is 39.1 Å². The van der Waals surface area contributed by atoms with Crippen molar-refractivity contribution in [1.82, 2.24) is 25.1 Å². The number of carbonyl (C=O) groups excluding carboxylic acids is 1. The second-order valence-corrected chi connectivity index (χ2v) is 6.81. The molecule has 8 nitrogen and oxygen atoms in total. The molecule has 152 valence electrons. The first kappa shape index (κ1) is 20.2. The number of hydrogen-bond acceptors (Lipinski definition) is 5. The van der Waals surface area contributed by atoms with Gasteiger partial charge in [-0.2, -0.15) is 0 Å². The number of aromatic nitrogens is 2. The molecular weight excluding hydrogens is 358 g/mol. The van der Waals surface area contributed by atoms with E-state index in [1.54, 1.807) is 13.3 Å². The van der Waals surface area contributed by atoms with E-state index >= 15 is 0 Å². The van der Waals surface area contributed by atoms with Crippen LogP contribution >= 0.6 is 0 Å². The van der Waals surface area contributed by atoms with Gasteiger partial charge in [-0.05, 0) is 30.7 Å². The molecule has 1 saturated heterocycles. The van der Waals surface area contributed by atoms with E-state index in [1.807, 2.05) is 42.1 Å². The maximum atomic E-state index is 12.5. The van der Waals surface area contributed by atoms with E-state index in [0.29, 0.717) is 6.54 Å². The Bertz CT molecular complexity index is 741. The van der Waals surface area contributed by atoms with E-state index in [2.05, 4.69) is 20.5 Å². The van der Waals surface area contributed by atoms with Crippen LogP contribution in [0.25, 0.3) is 0 Å². The van der Waals surface area contributed by atoms with Gasteiger partial charge in [0.25, 0.3) is 0 Å². The molecule has 2 aromatic rings. The quantitative estimate of drug-likeness (QED) is 0.672. The van der Waals surface area contributed by atoms with Crippen LogP contribution in [0, 0.1) is 0 Å². The molecule has 1 aliphatic heterocycles. The summed E-state index contributed by atoms with van der Waals surface area (Å²) in [7, 11) is 3.55. The molecule has 2 heterocycles. The van der Waals surface area contributed by atoms with E-state index in [9.17, 15) is 4.79 Å². The van der Waals surface area contributed by atoms with E-state index in [1.165, 1.54) is 0 Å². The summed E-state index contributed by atoms with van der Waals surface area (Å²) in [6.07, 6.45) is 4.50. The van der Waals surface area contributed by atoms with Gasteiger partial charge in [-0.15, -0.1) is 0 Å². The number of amides is 2. The van der Waals surface area contributed by atoms with Crippen LogP contribution in [0.5, 0.6) is 5.75 Å². The average Bonchev–Trinajstić information content (AvgIpc) is 3.16. The van der Waals surface area contributed by atoms with Crippen LogP contribution in [0.2, 0.25) is 0 Å². The van der Waals surface area contributed by atoms with E-state index < -0.39 is 0 Å². The van der Waals surface area contributed by atoms with Crippen LogP contribution in [-0.4, -0.2) is 67.0 Å². The van der Waals surface area contributed by atoms with Gasteiger partial charge < -0.3 is 24.7 Å². The number of hydrogen-bond donors (Lipinski definition) is 2. The maximum absolute atomic E-state index is 12.5. The van der Waals surface area contributed by atoms with E-state index in [0.717, 1.165) is 56.4 Å². The molecule has 1 atom stereocenters. The van der Waals surface area contributed by atoms with Gasteiger partial charge in [0.1, 0.15) is 17.6 Å². The summed E-state index contributed by atoms with van der Waals surface area (Å²) in [5.74, 6) is 1.54. The van der Waals surface area contributed by atoms with Crippen molar-refractivity contribution < 1.29 is 14.3 Å². The SMILES string of the molecule is COc1ccc(C(NC(=O)NCCCN2CCOCC2)c2nccn2C)cc1. The number of methoxy groups -OCH3 is 1. The predicted octanol–water partition coefficient (Wildman–Crippen LogP) is 1.54. The van der Waals surface area contributed by atoms with Crippen molar-refractivity contribution >= 4 is 6.03 Å². The highest BCUT2D eigenvalue weighted by Crippen LogP contribution is 2.22. The van der Waals surface area contributed by atoms with Crippen LogP contribution < -0.4 is 15.4 Å². The third-order valence-electron chi connectivity index (χ3n) is 4.88. The Morgan fingerprint density at radius 2 is 2.04 bits per heavy atom. The van der Waals surface area contributed by atoms with Crippen LogP contribution in [0.15, 0.2) is 36.7 Å². The summed E-state index contributed by atoms with van der Waals surface area (Å²) < 4.78 is 12.5. The summed E-state index contributed by atoms with van der Waals surface area (Å²) >= 11 is 0. The summed E-state index contributed by atoms with van der Waals surface area (Å²) in [6, 6.07) is 7.10. The lowest BCUT2D eigenvalue weighted by atomic mass is 10.1. The summed E-state index contributed by atoms with van der Waals surface area (Å²) in [4.78, 5) is 19.3. The molecule has 1 unspecified atom stereocenters. The fourth-order valence-corrected chi connectivity index (χ4v) is 3.26. The molecule has 0 spiro atoms. The molecule has 2 amide bonds. The van der Waals surface area contributed by atoms with Crippen molar-refractivity contribution in [3.8, 4) is 5.75 Å². The number of ether oxygens (including phenoxy) is 2. The lowest BCUT2D eigenvalue weighted by Gasteiger charge is -2.26. The van der Waals surface area contributed by atoms with Crippen LogP contribution in [0.3, 0.4) is 0 Å². The zero-order valence-corrected chi connectivity index (χ0v) is 16.6. The topological polar surface area (TPSA) is 80.7 Å². The third-order valence-corrected chi connectivity index (χ3v) is 4.88. The Morgan fingerprint density at radius 3 is 2.68 bits per heavy atom. The number of aryl methyl sites for hydroxylation is 1. The highest BCUT2D eigenvalue weighted by molar-refractivity contribution is 5.74. The Kier molecular flexibility index (Phi) is 7.27. The number of imidazole rings is 1. The maximum Gasteiger partial charge on any atom is 0.315 e. The van der Waals surface area contributed by atoms with E-state index in [-0.39, 0.29) is 12.1 Å². The number of rotatable bonds is 8. The highest BCUT2D eigenvalue weighted by atomic mass is 16.5. The Labute approximate surface area is 165 Å². The minimum absolute atomic E-state index is 0.203. The number of nitrogens with one attached hydrogen (secondary N) is 2. The first-order valence-electron chi connectivity index (χ1n) is 9.63. The van der Waals surface area contributed by atoms with Gasteiger partial charge >= 0.3 is 6.03 Å². The van der Waals surface area contributed by atoms with Gasteiger partial charge in [-0.1, -0.05) is 12.1 Å². The first-order valence-corrected chi connectivity index (χ1v) is 9.63. The number of nitrogens with zero attached hydrogens (tertiary/aromatic N) is 3. The van der Waals surface area contributed by atoms with Crippen molar-refractivity contribution in [2.45, 2.75) is 12.5 Å². The lowest BCUT2D eigenvalue weighted by Crippen LogP contribution is -2.41. The first-order chi connectivity index (χ1) is 13.7. The minimum atomic E-state index is -0.342. The molecule has 28 heavy (non-hydrogen) atoms. The van der Waals surface area contributed by atoms with Gasteiger partial charge in [-0.25, -0.2) is 9.78 Å². The molecule has 0 radical (unpaired) electrons. The number of carbonyl (C=O) groups is 1. The highest BCUT2D eigenvalue weighted by Gasteiger charge is 2.20. The normalized spacial score (nSPS) is 15.8. The predicted molar refractivity (Wildman–Crippen MR) is 106 cm³/mol. The molecule has 1 aromatic carbocycles. The number of morpholine rings is 1. The van der Waals surface area contributed by atoms with Gasteiger partial charge in [-0.3, -0.25) is 4.90 Å². The van der Waals surface area contributed by atoms with Crippen molar-refractivity contribution in [3.63, 3.8) is 0 Å². The second kappa shape index (κ2) is 10.1. The Hall–Kier alpha value is -2.58. The van der Waals surface area contributed by atoms with Gasteiger partial charge in [0.05, 0.1) is 20.3 Å². The zero-order chi connectivity index (χ0) is 19.8. The summed E-state index contributed by atoms with van der Waals surface area (Å²) in [5, 5.41) is 6.00. The third kappa shape index (κ3) is 5.46. The lowest BCUT2D eigenvalue weighted by molar-refractivity contribution is 0.0375. The molecule has 2 N–H and O–H groups in total. The molecule has 0 aliphatic carbocycles. The number of benzene rings is 1. The Balaban J connectivity index is 1.56. The van der Waals surface area contributed by atoms with Gasteiger partial charge in [0.15, 0.2) is 0 Å². The summed E-state index contributed by atoms with van der Waals surface area (Å²) in [6.45, 7) is 5.10. The minimum Gasteiger partial charge on any atom is -0.497 e. The van der Waals surface area contributed by atoms with Crippen LogP contribution in [0.1, 0.15) is 23.9 Å². The largest absolute Gasteiger partial charge is 0.497 e. The van der Waals surface area contributed by atoms with Crippen molar-refractivity contribution in [3.05, 3.63) is 48.0 Å². The standard InChI is InChI=1S/C20H29N5O3/c1-24-11-9-21-19(24)18(16-4-6-17(27-2)7-5-16)23-20(26)22-8-3-10-25-12-14-28-15-13-25/h4-7,9,11,18H,3,8,10,12-15H2,1-2H3,(H2,22,23,26). The monoisotopic (exact) mass is 387 g/mol. The molecule has 3 rings (SSSR count). The van der Waals surface area contributed by atoms with E-state index in [4.69, 9.17) is 9.47 Å². The molecule has 1 aliphatic rings. The number of urea groups is 1. The molecule has 0 saturated carbocycles. The summed E-state index contributed by atoms with van der Waals surface area (Å²) in [5.41, 5.74) is 0.943. The van der Waals surface area contributed by atoms with Crippen molar-refractivity contribution in [2.24, 2.45) is 7.05 Å². The smallest absolute Gasteiger partial charge is 0.315 e. The van der Waals surface area contributed by atoms with Crippen molar-refractivity contribution in [1.29, 1.82) is 0 Å². The Morgan fingerprint density at radius 1 is 1.29 bits per heavy atom. The van der Waals surface area contributed by atoms with Crippen LogP contribution in [0.4, 0.5) is 4.79 Å². The molecule has 0 bridgehead atoms. The molecule has 8 heteroatoms. The second-order valence-electron chi connectivity index (χ2n) is 6.81. The zero-order valence-electron chi connectivity index (χ0n) is 16.6. The van der Waals surface area contributed by atoms with Crippen molar-refractivity contribution in [2.75, 3.05) is 46.5 Å². The molecular formula is C20H29N5O3. The molecule has 1 aromatic heterocycles. The van der Waals surface area contributed by atoms with Crippen LogP contribution in [-0.2, 0) is 11.8 Å².